The van der Waals surface area contributed by atoms with E-state index >= 15 is 4.39 Å². The summed E-state index contributed by atoms with van der Waals surface area (Å²) < 4.78 is 27.6. The molecule has 1 aliphatic rings. The number of ether oxygens (including phenoxy) is 2. The molecule has 38 heavy (non-hydrogen) atoms. The van der Waals surface area contributed by atoms with Crippen molar-refractivity contribution in [2.45, 2.75) is 110 Å². The first-order valence-electron chi connectivity index (χ1n) is 14.1. The van der Waals surface area contributed by atoms with Crippen LogP contribution < -0.4 is 11.1 Å². The fourth-order valence-corrected chi connectivity index (χ4v) is 5.56. The lowest BCUT2D eigenvalue weighted by Crippen LogP contribution is -2.59. The van der Waals surface area contributed by atoms with Gasteiger partial charge in [0.2, 0.25) is 0 Å². The minimum absolute atomic E-state index is 0.0706. The van der Waals surface area contributed by atoms with Gasteiger partial charge in [-0.25, -0.2) is 9.18 Å². The van der Waals surface area contributed by atoms with Gasteiger partial charge in [0.25, 0.3) is 5.67 Å². The standard InChI is InChI=1S/C28H54FN3O6/c1-10-22-28(8,36)24(34)21(5)32(9)17-18(2)16-26(6,37-15-14-31-13-11-12-30)20(4)19(3)23(33)27(7,29)25(35)38-22/h18-22,24,31,34,36H,10-17,30H2,1-9H3/t18-,19-,20-,21-,22-,24-,26-,27+,28-/m1/s1. The molecular formula is C28H54FN3O6. The topological polar surface area (TPSA) is 134 Å². The van der Waals surface area contributed by atoms with Gasteiger partial charge in [0.1, 0.15) is 17.8 Å². The number of aliphatic hydroxyl groups is 2. The lowest BCUT2D eigenvalue weighted by atomic mass is 9.72. The zero-order chi connectivity index (χ0) is 29.5. The van der Waals surface area contributed by atoms with Crippen molar-refractivity contribution in [3.63, 3.8) is 0 Å². The highest BCUT2D eigenvalue weighted by atomic mass is 19.1. The van der Waals surface area contributed by atoms with Crippen LogP contribution in [0, 0.1) is 17.8 Å². The first kappa shape index (κ1) is 34.9. The molecule has 9 nitrogen and oxygen atoms in total. The number of likely N-dealkylation sites (N-methyl/N-ethyl adjacent to an activating group) is 1. The largest absolute Gasteiger partial charge is 0.457 e. The van der Waals surface area contributed by atoms with Gasteiger partial charge in [-0.1, -0.05) is 27.7 Å². The first-order chi connectivity index (χ1) is 17.5. The zero-order valence-electron chi connectivity index (χ0n) is 25.1. The Hall–Kier alpha value is -1.17. The summed E-state index contributed by atoms with van der Waals surface area (Å²) >= 11 is 0. The van der Waals surface area contributed by atoms with Crippen LogP contribution in [0.1, 0.15) is 74.7 Å². The first-order valence-corrected chi connectivity index (χ1v) is 14.1. The van der Waals surface area contributed by atoms with Crippen LogP contribution >= 0.6 is 0 Å². The Morgan fingerprint density at radius 2 is 1.79 bits per heavy atom. The number of nitrogens with two attached hydrogens (primary N) is 1. The van der Waals surface area contributed by atoms with E-state index in [2.05, 4.69) is 12.2 Å². The Morgan fingerprint density at radius 1 is 1.18 bits per heavy atom. The maximum Gasteiger partial charge on any atom is 0.351 e. The number of esters is 1. The van der Waals surface area contributed by atoms with Gasteiger partial charge < -0.3 is 35.6 Å². The van der Waals surface area contributed by atoms with Crippen LogP contribution in [0.5, 0.6) is 0 Å². The Balaban J connectivity index is 3.41. The molecule has 0 saturated carbocycles. The molecule has 0 aromatic rings. The fourth-order valence-electron chi connectivity index (χ4n) is 5.56. The third-order valence-corrected chi connectivity index (χ3v) is 8.62. The minimum Gasteiger partial charge on any atom is -0.457 e. The summed E-state index contributed by atoms with van der Waals surface area (Å²) in [4.78, 5) is 28.3. The maximum absolute atomic E-state index is 15.8. The van der Waals surface area contributed by atoms with Crippen LogP contribution in [0.4, 0.5) is 4.39 Å². The van der Waals surface area contributed by atoms with E-state index in [1.807, 2.05) is 25.8 Å². The Bertz CT molecular complexity index is 767. The summed E-state index contributed by atoms with van der Waals surface area (Å²) in [5.74, 6) is -3.46. The molecule has 224 valence electrons. The van der Waals surface area contributed by atoms with Gasteiger partial charge in [-0.15, -0.1) is 0 Å². The van der Waals surface area contributed by atoms with E-state index in [4.69, 9.17) is 15.2 Å². The van der Waals surface area contributed by atoms with Crippen LogP contribution in [0.15, 0.2) is 0 Å². The van der Waals surface area contributed by atoms with Crippen LogP contribution in [0.3, 0.4) is 0 Å². The second-order valence-electron chi connectivity index (χ2n) is 12.0. The molecule has 0 amide bonds. The van der Waals surface area contributed by atoms with Crippen LogP contribution in [0.25, 0.3) is 0 Å². The van der Waals surface area contributed by atoms with Gasteiger partial charge >= 0.3 is 5.97 Å². The molecular weight excluding hydrogens is 493 g/mol. The molecule has 1 aliphatic heterocycles. The number of aliphatic hydroxyl groups excluding tert-OH is 1. The number of carbonyl (C=O) groups excluding carboxylic acids is 2. The van der Waals surface area contributed by atoms with E-state index in [1.165, 1.54) is 6.92 Å². The van der Waals surface area contributed by atoms with Crippen LogP contribution in [0.2, 0.25) is 0 Å². The monoisotopic (exact) mass is 547 g/mol. The number of halogens is 1. The van der Waals surface area contributed by atoms with Crippen molar-refractivity contribution in [3.05, 3.63) is 0 Å². The molecule has 0 spiro atoms. The molecule has 0 aromatic heterocycles. The van der Waals surface area contributed by atoms with E-state index < -0.39 is 58.7 Å². The molecule has 0 unspecified atom stereocenters. The lowest BCUT2D eigenvalue weighted by molar-refractivity contribution is -0.196. The maximum atomic E-state index is 15.8. The van der Waals surface area contributed by atoms with Crippen molar-refractivity contribution in [3.8, 4) is 0 Å². The highest BCUT2D eigenvalue weighted by molar-refractivity contribution is 6.07. The number of alkyl halides is 1. The predicted molar refractivity (Wildman–Crippen MR) is 146 cm³/mol. The van der Waals surface area contributed by atoms with Crippen molar-refractivity contribution in [1.82, 2.24) is 10.2 Å². The third-order valence-electron chi connectivity index (χ3n) is 8.62. The summed E-state index contributed by atoms with van der Waals surface area (Å²) in [5.41, 5.74) is -0.0492. The summed E-state index contributed by atoms with van der Waals surface area (Å²) in [6, 6.07) is -0.501. The fraction of sp³-hybridized carbons (Fsp3) is 0.929. The van der Waals surface area contributed by atoms with Crippen LogP contribution in [-0.4, -0.2) is 102 Å². The Morgan fingerprint density at radius 3 is 2.34 bits per heavy atom. The quantitative estimate of drug-likeness (QED) is 0.205. The van der Waals surface area contributed by atoms with Gasteiger partial charge in [-0.05, 0) is 78.9 Å². The molecule has 0 radical (unpaired) electrons. The Labute approximate surface area is 229 Å². The van der Waals surface area contributed by atoms with Gasteiger partial charge in [-0.2, -0.15) is 0 Å². The number of hydrogen-bond donors (Lipinski definition) is 4. The van der Waals surface area contributed by atoms with Crippen molar-refractivity contribution in [2.75, 3.05) is 39.8 Å². The minimum atomic E-state index is -2.93. The lowest BCUT2D eigenvalue weighted by Gasteiger charge is -2.43. The van der Waals surface area contributed by atoms with Crippen molar-refractivity contribution in [1.29, 1.82) is 0 Å². The molecule has 1 fully saturated rings. The number of cyclic esters (lactones) is 1. The molecule has 9 atom stereocenters. The second kappa shape index (κ2) is 14.5. The molecule has 0 aromatic carbocycles. The van der Waals surface area contributed by atoms with E-state index in [0.717, 1.165) is 19.9 Å². The number of hydrogen-bond acceptors (Lipinski definition) is 9. The second-order valence-corrected chi connectivity index (χ2v) is 12.0. The number of nitrogens with one attached hydrogen (secondary N) is 1. The normalized spacial score (nSPS) is 40.9. The van der Waals surface area contributed by atoms with Crippen molar-refractivity contribution < 1.29 is 33.7 Å². The summed E-state index contributed by atoms with van der Waals surface area (Å²) in [6.07, 6.45) is -0.972. The Kier molecular flexibility index (Phi) is 13.3. The molecule has 0 aliphatic carbocycles. The van der Waals surface area contributed by atoms with E-state index in [1.54, 1.807) is 20.8 Å². The molecule has 1 saturated heterocycles. The van der Waals surface area contributed by atoms with Gasteiger partial charge in [-0.3, -0.25) is 4.79 Å². The number of ketones is 1. The average molecular weight is 548 g/mol. The molecule has 10 heteroatoms. The van der Waals surface area contributed by atoms with Crippen molar-refractivity contribution >= 4 is 11.8 Å². The van der Waals surface area contributed by atoms with Gasteiger partial charge in [0.05, 0.1) is 12.2 Å². The number of nitrogens with zero attached hydrogens (tertiary/aromatic N) is 1. The predicted octanol–water partition coefficient (Wildman–Crippen LogP) is 2.06. The molecule has 1 heterocycles. The molecule has 0 bridgehead atoms. The number of carbonyl (C=O) groups is 2. The van der Waals surface area contributed by atoms with Crippen LogP contribution in [-0.2, 0) is 19.1 Å². The highest BCUT2D eigenvalue weighted by Crippen LogP contribution is 2.38. The van der Waals surface area contributed by atoms with Gasteiger partial charge in [0.15, 0.2) is 5.78 Å². The number of Topliss-reactive ketones (excluding diaryl/α,β-unsaturated/α-hetero) is 1. The molecule has 1 rings (SSSR count). The number of rotatable bonds is 8. The SMILES string of the molecule is CC[C@H]1OC(=O)[C@@](C)(F)C(=O)[C@H](C)[C@@H](C)[C@](C)(OCCNCCCN)C[C@@H](C)CN(C)[C@H](C)[C@@H](O)[C@]1(C)O. The average Bonchev–Trinajstić information content (AvgIpc) is 2.85. The third kappa shape index (κ3) is 8.41. The van der Waals surface area contributed by atoms with Crippen molar-refractivity contribution in [2.24, 2.45) is 23.5 Å². The van der Waals surface area contributed by atoms with Gasteiger partial charge in [0, 0.05) is 25.0 Å². The van der Waals surface area contributed by atoms with E-state index in [9.17, 15) is 19.8 Å². The zero-order valence-corrected chi connectivity index (χ0v) is 25.1. The molecule has 5 N–H and O–H groups in total. The van der Waals surface area contributed by atoms with E-state index in [-0.39, 0.29) is 12.3 Å². The van der Waals surface area contributed by atoms with E-state index in [0.29, 0.717) is 32.7 Å². The summed E-state index contributed by atoms with van der Waals surface area (Å²) in [6.45, 7) is 16.1. The highest BCUT2D eigenvalue weighted by Gasteiger charge is 2.52. The smallest absolute Gasteiger partial charge is 0.351 e. The summed E-state index contributed by atoms with van der Waals surface area (Å²) in [5, 5.41) is 25.6. The summed E-state index contributed by atoms with van der Waals surface area (Å²) in [7, 11) is 1.86.